The lowest BCUT2D eigenvalue weighted by molar-refractivity contribution is -0.890. The molecular weight excluding hydrogens is 294 g/mol. The Balaban J connectivity index is 4.25. The van der Waals surface area contributed by atoms with Gasteiger partial charge in [-0.05, 0) is 13.3 Å². The van der Waals surface area contributed by atoms with E-state index in [9.17, 15) is 13.2 Å². The molecule has 1 N–H and O–H groups in total. The number of hydrogen-bond acceptors (Lipinski definition) is 4. The summed E-state index contributed by atoms with van der Waals surface area (Å²) < 4.78 is 36.1. The van der Waals surface area contributed by atoms with Crippen molar-refractivity contribution in [3.05, 3.63) is 12.2 Å². The first kappa shape index (κ1) is 20.1. The maximum atomic E-state index is 11.5. The summed E-state index contributed by atoms with van der Waals surface area (Å²) in [6.07, 6.45) is 1.67. The lowest BCUT2D eigenvalue weighted by atomic mass is 10.1. The van der Waals surface area contributed by atoms with Crippen LogP contribution in [0, 0.1) is 0 Å². The molecule has 0 radical (unpaired) electrons. The van der Waals surface area contributed by atoms with Crippen LogP contribution in [-0.4, -0.2) is 62.5 Å². The van der Waals surface area contributed by atoms with Crippen molar-refractivity contribution in [2.45, 2.75) is 39.2 Å². The second-order valence-corrected chi connectivity index (χ2v) is 7.60. The van der Waals surface area contributed by atoms with Crippen LogP contribution >= 0.6 is 0 Å². The molecule has 0 aromatic heterocycles. The second kappa shape index (κ2) is 8.51. The van der Waals surface area contributed by atoms with Crippen molar-refractivity contribution in [3.63, 3.8) is 0 Å². The summed E-state index contributed by atoms with van der Waals surface area (Å²) in [6, 6.07) is 0. The molecule has 0 aliphatic rings. The molecule has 0 spiro atoms. The van der Waals surface area contributed by atoms with Gasteiger partial charge < -0.3 is 9.22 Å². The number of esters is 1. The average molecular weight is 322 g/mol. The summed E-state index contributed by atoms with van der Waals surface area (Å²) in [4.78, 5) is 11.5. The third kappa shape index (κ3) is 10.4. The van der Waals surface area contributed by atoms with Gasteiger partial charge in [0, 0.05) is 18.4 Å². The Hall–Kier alpha value is -0.920. The van der Waals surface area contributed by atoms with Gasteiger partial charge in [0.1, 0.15) is 6.10 Å². The van der Waals surface area contributed by atoms with Crippen molar-refractivity contribution in [3.8, 4) is 0 Å². The Morgan fingerprint density at radius 1 is 1.33 bits per heavy atom. The van der Waals surface area contributed by atoms with Crippen LogP contribution in [0.5, 0.6) is 0 Å². The summed E-state index contributed by atoms with van der Waals surface area (Å²) in [7, 11) is 0.0699. The molecule has 0 aliphatic heterocycles. The van der Waals surface area contributed by atoms with Crippen molar-refractivity contribution in [2.24, 2.45) is 0 Å². The van der Waals surface area contributed by atoms with E-state index in [2.05, 4.69) is 6.58 Å². The fourth-order valence-corrected chi connectivity index (χ4v) is 2.37. The monoisotopic (exact) mass is 322 g/mol. The van der Waals surface area contributed by atoms with Gasteiger partial charge in [0.25, 0.3) is 10.1 Å². The highest BCUT2D eigenvalue weighted by Gasteiger charge is 2.21. The van der Waals surface area contributed by atoms with Gasteiger partial charge in [-0.1, -0.05) is 13.5 Å². The molecule has 124 valence electrons. The molecule has 1 unspecified atom stereocenters. The molecular formula is C14H28NO5S+. The predicted molar refractivity (Wildman–Crippen MR) is 82.5 cm³/mol. The van der Waals surface area contributed by atoms with Crippen LogP contribution in [0.25, 0.3) is 0 Å². The molecule has 0 aliphatic carbocycles. The van der Waals surface area contributed by atoms with Crippen molar-refractivity contribution in [1.29, 1.82) is 0 Å². The summed E-state index contributed by atoms with van der Waals surface area (Å²) in [5, 5.41) is 0. The van der Waals surface area contributed by atoms with Crippen molar-refractivity contribution in [1.82, 2.24) is 0 Å². The lowest BCUT2D eigenvalue weighted by Gasteiger charge is -2.31. The first-order valence-electron chi connectivity index (χ1n) is 7.10. The zero-order valence-corrected chi connectivity index (χ0v) is 14.3. The van der Waals surface area contributed by atoms with Crippen LogP contribution in [0.3, 0.4) is 0 Å². The molecule has 0 rings (SSSR count). The van der Waals surface area contributed by atoms with Gasteiger partial charge in [0.2, 0.25) is 0 Å². The van der Waals surface area contributed by atoms with E-state index in [-0.39, 0.29) is 17.8 Å². The Labute approximate surface area is 128 Å². The summed E-state index contributed by atoms with van der Waals surface area (Å²) in [6.45, 7) is 8.51. The highest BCUT2D eigenvalue weighted by Crippen LogP contribution is 2.11. The van der Waals surface area contributed by atoms with Crippen LogP contribution in [-0.2, 0) is 19.6 Å². The molecule has 0 aromatic rings. The largest absolute Gasteiger partial charge is 0.459 e. The molecule has 21 heavy (non-hydrogen) atoms. The van der Waals surface area contributed by atoms with Crippen LogP contribution < -0.4 is 0 Å². The molecule has 0 saturated heterocycles. The number of carbonyl (C=O) groups excluding carboxylic acids is 1. The van der Waals surface area contributed by atoms with E-state index in [1.807, 2.05) is 21.0 Å². The van der Waals surface area contributed by atoms with Gasteiger partial charge in [0.05, 0.1) is 32.9 Å². The van der Waals surface area contributed by atoms with Crippen LogP contribution in [0.15, 0.2) is 12.2 Å². The maximum absolute atomic E-state index is 11.5. The van der Waals surface area contributed by atoms with E-state index in [0.29, 0.717) is 29.4 Å². The molecule has 0 bridgehead atoms. The number of quaternary nitrogens is 1. The van der Waals surface area contributed by atoms with Crippen LogP contribution in [0.1, 0.15) is 33.1 Å². The van der Waals surface area contributed by atoms with E-state index in [4.69, 9.17) is 9.29 Å². The minimum Gasteiger partial charge on any atom is -0.459 e. The fourth-order valence-electron chi connectivity index (χ4n) is 1.88. The van der Waals surface area contributed by atoms with Crippen molar-refractivity contribution < 1.29 is 27.0 Å². The Bertz CT molecular complexity index is 456. The third-order valence-corrected chi connectivity index (χ3v) is 4.10. The van der Waals surface area contributed by atoms with Crippen LogP contribution in [0.4, 0.5) is 0 Å². The lowest BCUT2D eigenvalue weighted by Crippen LogP contribution is -2.43. The summed E-state index contributed by atoms with van der Waals surface area (Å²) in [5.74, 6) is -0.602. The van der Waals surface area contributed by atoms with Gasteiger partial charge in [-0.15, -0.1) is 0 Å². The zero-order valence-electron chi connectivity index (χ0n) is 13.5. The Morgan fingerprint density at radius 2 is 1.90 bits per heavy atom. The highest BCUT2D eigenvalue weighted by atomic mass is 32.2. The van der Waals surface area contributed by atoms with Crippen LogP contribution in [0.2, 0.25) is 0 Å². The summed E-state index contributed by atoms with van der Waals surface area (Å²) >= 11 is 0. The van der Waals surface area contributed by atoms with E-state index in [1.165, 1.54) is 0 Å². The number of rotatable bonds is 10. The van der Waals surface area contributed by atoms with E-state index >= 15 is 0 Å². The second-order valence-electron chi connectivity index (χ2n) is 6.03. The minimum absolute atomic E-state index is 0.159. The fraction of sp³-hybridized carbons (Fsp3) is 0.786. The highest BCUT2D eigenvalue weighted by molar-refractivity contribution is 7.85. The summed E-state index contributed by atoms with van der Waals surface area (Å²) in [5.41, 5.74) is 0.385. The number of hydrogen-bond donors (Lipinski definition) is 1. The predicted octanol–water partition coefficient (Wildman–Crippen LogP) is 1.63. The van der Waals surface area contributed by atoms with Gasteiger partial charge >= 0.3 is 5.97 Å². The zero-order chi connectivity index (χ0) is 16.7. The molecule has 0 aromatic carbocycles. The standard InChI is InChI=1S/C14H27NO5S/c1-6-13(20-14(16)12(2)3)8-10-15(4,5)9-7-11-21(17,18)19/h13H,2,6-11H2,1,3-5H3/p+1. The number of nitrogens with zero attached hydrogens (tertiary/aromatic N) is 1. The number of carbonyl (C=O) groups is 1. The van der Waals surface area contributed by atoms with Gasteiger partial charge in [0.15, 0.2) is 0 Å². The van der Waals surface area contributed by atoms with E-state index in [1.54, 1.807) is 6.92 Å². The SMILES string of the molecule is C=C(C)C(=O)OC(CC)CC[N+](C)(C)CCCS(=O)(=O)O. The first-order chi connectivity index (χ1) is 9.47. The molecule has 0 amide bonds. The third-order valence-electron chi connectivity index (χ3n) is 3.30. The minimum atomic E-state index is -3.90. The van der Waals surface area contributed by atoms with E-state index < -0.39 is 10.1 Å². The first-order valence-corrected chi connectivity index (χ1v) is 8.71. The molecule has 1 atom stereocenters. The molecule has 6 nitrogen and oxygen atoms in total. The topological polar surface area (TPSA) is 80.7 Å². The normalized spacial score (nSPS) is 13.8. The van der Waals surface area contributed by atoms with Crippen molar-refractivity contribution >= 4 is 16.1 Å². The quantitative estimate of drug-likeness (QED) is 0.286. The van der Waals surface area contributed by atoms with Gasteiger partial charge in [-0.2, -0.15) is 8.42 Å². The van der Waals surface area contributed by atoms with Gasteiger partial charge in [-0.3, -0.25) is 4.55 Å². The van der Waals surface area contributed by atoms with E-state index in [0.717, 1.165) is 13.0 Å². The number of ether oxygens (including phenoxy) is 1. The van der Waals surface area contributed by atoms with Gasteiger partial charge in [-0.25, -0.2) is 4.79 Å². The van der Waals surface area contributed by atoms with Crippen molar-refractivity contribution in [2.75, 3.05) is 32.9 Å². The molecule has 7 heteroatoms. The Morgan fingerprint density at radius 3 is 2.33 bits per heavy atom. The molecule has 0 fully saturated rings. The maximum Gasteiger partial charge on any atom is 0.333 e. The molecule has 0 heterocycles. The molecule has 0 saturated carbocycles. The smallest absolute Gasteiger partial charge is 0.333 e. The average Bonchev–Trinajstić information content (AvgIpc) is 2.31. The Kier molecular flexibility index (Phi) is 8.13.